The van der Waals surface area contributed by atoms with E-state index in [-0.39, 0.29) is 5.91 Å². The van der Waals surface area contributed by atoms with Crippen LogP contribution in [0, 0.1) is 0 Å². The normalized spacial score (nSPS) is 12.7. The van der Waals surface area contributed by atoms with Crippen LogP contribution < -0.4 is 5.73 Å². The molecule has 1 amide bonds. The van der Waals surface area contributed by atoms with Crippen LogP contribution in [0.5, 0.6) is 0 Å². The molecule has 1 atom stereocenters. The lowest BCUT2D eigenvalue weighted by Crippen LogP contribution is -2.22. The molecule has 1 rings (SSSR count). The molecule has 1 aromatic rings. The Hall–Kier alpha value is -1.84. The van der Waals surface area contributed by atoms with E-state index < -0.39 is 6.04 Å². The highest BCUT2D eigenvalue weighted by Gasteiger charge is 2.15. The molecule has 0 radical (unpaired) electrons. The zero-order chi connectivity index (χ0) is 15.3. The van der Waals surface area contributed by atoms with Gasteiger partial charge in [0.15, 0.2) is 0 Å². The van der Waals surface area contributed by atoms with Gasteiger partial charge >= 0.3 is 0 Å². The van der Waals surface area contributed by atoms with Crippen molar-refractivity contribution in [3.63, 3.8) is 0 Å². The Morgan fingerprint density at radius 3 is 2.50 bits per heavy atom. The third kappa shape index (κ3) is 3.59. The van der Waals surface area contributed by atoms with Crippen molar-refractivity contribution < 1.29 is 4.79 Å². The lowest BCUT2D eigenvalue weighted by Gasteiger charge is -2.16. The average Bonchev–Trinajstić information content (AvgIpc) is 2.42. The topological polar surface area (TPSA) is 46.3 Å². The second-order valence-corrected chi connectivity index (χ2v) is 4.93. The quantitative estimate of drug-likeness (QED) is 0.846. The van der Waals surface area contributed by atoms with E-state index in [1.807, 2.05) is 0 Å². The first-order valence-corrected chi connectivity index (χ1v) is 6.52. The molecule has 0 fully saturated rings. The van der Waals surface area contributed by atoms with Crippen molar-refractivity contribution in [2.45, 2.75) is 6.04 Å². The molecule has 1 aromatic carbocycles. The highest BCUT2D eigenvalue weighted by molar-refractivity contribution is 6.31. The van der Waals surface area contributed by atoms with E-state index in [2.05, 4.69) is 13.2 Å². The Bertz CT molecular complexity index is 562. The first-order valence-electron chi connectivity index (χ1n) is 6.14. The number of carbonyl (C=O) groups excluding carboxylic acids is 1. The molecule has 4 heteroatoms. The highest BCUT2D eigenvalue weighted by Crippen LogP contribution is 2.28. The molecule has 0 bridgehead atoms. The maximum Gasteiger partial charge on any atom is 0.253 e. The molecule has 0 aliphatic carbocycles. The number of carbonyl (C=O) groups is 1. The zero-order valence-electron chi connectivity index (χ0n) is 11.8. The van der Waals surface area contributed by atoms with Gasteiger partial charge in [-0.15, -0.1) is 0 Å². The molecule has 106 valence electrons. The number of nitrogens with two attached hydrogens (primary N) is 1. The van der Waals surface area contributed by atoms with Crippen molar-refractivity contribution in [2.75, 3.05) is 14.1 Å². The molecule has 0 aliphatic rings. The zero-order valence-corrected chi connectivity index (χ0v) is 12.5. The van der Waals surface area contributed by atoms with Gasteiger partial charge in [0, 0.05) is 24.7 Å². The molecular weight excluding hydrogens is 272 g/mol. The number of benzene rings is 1. The van der Waals surface area contributed by atoms with Crippen molar-refractivity contribution in [2.24, 2.45) is 5.73 Å². The standard InChI is InChI=1S/C16H19ClN2O/c1-5-7-11(6-2)15(18)13-9-8-12(10-14(13)17)16(20)19(3)4/h5-10,15H,1-2,18H2,3-4H3/b11-7+. The Labute approximate surface area is 125 Å². The van der Waals surface area contributed by atoms with Crippen LogP contribution in [-0.4, -0.2) is 24.9 Å². The molecule has 0 saturated heterocycles. The summed E-state index contributed by atoms with van der Waals surface area (Å²) in [6.45, 7) is 7.37. The Balaban J connectivity index is 3.16. The summed E-state index contributed by atoms with van der Waals surface area (Å²) in [5.41, 5.74) is 8.25. The fourth-order valence-electron chi connectivity index (χ4n) is 1.78. The number of nitrogens with zero attached hydrogens (tertiary/aromatic N) is 1. The SMILES string of the molecule is C=C/C=C(\C=C)C(N)c1ccc(C(=O)N(C)C)cc1Cl. The minimum Gasteiger partial charge on any atom is -0.345 e. The van der Waals surface area contributed by atoms with E-state index in [9.17, 15) is 4.79 Å². The summed E-state index contributed by atoms with van der Waals surface area (Å²) < 4.78 is 0. The number of allylic oxidation sites excluding steroid dienone is 2. The molecule has 1 unspecified atom stereocenters. The molecule has 0 saturated carbocycles. The van der Waals surface area contributed by atoms with Gasteiger partial charge in [-0.3, -0.25) is 4.79 Å². The van der Waals surface area contributed by atoms with Crippen LogP contribution in [0.2, 0.25) is 5.02 Å². The van der Waals surface area contributed by atoms with Crippen molar-refractivity contribution in [3.8, 4) is 0 Å². The van der Waals surface area contributed by atoms with E-state index in [0.717, 1.165) is 11.1 Å². The van der Waals surface area contributed by atoms with Gasteiger partial charge < -0.3 is 10.6 Å². The van der Waals surface area contributed by atoms with Gasteiger partial charge in [0.2, 0.25) is 0 Å². The third-order valence-electron chi connectivity index (χ3n) is 2.89. The summed E-state index contributed by atoms with van der Waals surface area (Å²) in [6, 6.07) is 4.72. The van der Waals surface area contributed by atoms with Crippen LogP contribution in [0.4, 0.5) is 0 Å². The smallest absolute Gasteiger partial charge is 0.253 e. The summed E-state index contributed by atoms with van der Waals surface area (Å²) in [5.74, 6) is -0.0994. The summed E-state index contributed by atoms with van der Waals surface area (Å²) in [5, 5.41) is 0.460. The van der Waals surface area contributed by atoms with Gasteiger partial charge in [0.1, 0.15) is 0 Å². The molecule has 2 N–H and O–H groups in total. The summed E-state index contributed by atoms with van der Waals surface area (Å²) >= 11 is 6.24. The van der Waals surface area contributed by atoms with E-state index in [1.165, 1.54) is 4.90 Å². The minimum absolute atomic E-state index is 0.0994. The summed E-state index contributed by atoms with van der Waals surface area (Å²) in [7, 11) is 3.39. The third-order valence-corrected chi connectivity index (χ3v) is 3.22. The monoisotopic (exact) mass is 290 g/mol. The largest absolute Gasteiger partial charge is 0.345 e. The van der Waals surface area contributed by atoms with Crippen molar-refractivity contribution in [3.05, 3.63) is 71.3 Å². The van der Waals surface area contributed by atoms with E-state index in [4.69, 9.17) is 17.3 Å². The second-order valence-electron chi connectivity index (χ2n) is 4.52. The predicted octanol–water partition coefficient (Wildman–Crippen LogP) is 3.34. The maximum atomic E-state index is 11.9. The van der Waals surface area contributed by atoms with E-state index >= 15 is 0 Å². The fraction of sp³-hybridized carbons (Fsp3) is 0.188. The molecule has 0 spiro atoms. The van der Waals surface area contributed by atoms with Gasteiger partial charge in [-0.1, -0.05) is 49.1 Å². The van der Waals surface area contributed by atoms with Gasteiger partial charge in [-0.25, -0.2) is 0 Å². The molecule has 0 aliphatic heterocycles. The highest BCUT2D eigenvalue weighted by atomic mass is 35.5. The van der Waals surface area contributed by atoms with Crippen LogP contribution >= 0.6 is 11.6 Å². The first kappa shape index (κ1) is 16.2. The summed E-state index contributed by atoms with van der Waals surface area (Å²) in [4.78, 5) is 13.4. The lowest BCUT2D eigenvalue weighted by molar-refractivity contribution is 0.0827. The van der Waals surface area contributed by atoms with Gasteiger partial charge in [-0.05, 0) is 23.3 Å². The molecule has 20 heavy (non-hydrogen) atoms. The van der Waals surface area contributed by atoms with Crippen molar-refractivity contribution in [1.82, 2.24) is 4.90 Å². The van der Waals surface area contributed by atoms with Crippen molar-refractivity contribution in [1.29, 1.82) is 0 Å². The van der Waals surface area contributed by atoms with Gasteiger partial charge in [0.05, 0.1) is 6.04 Å². The van der Waals surface area contributed by atoms with E-state index in [1.54, 1.807) is 50.5 Å². The Morgan fingerprint density at radius 1 is 1.40 bits per heavy atom. The van der Waals surface area contributed by atoms with Crippen LogP contribution in [0.25, 0.3) is 0 Å². The maximum absolute atomic E-state index is 11.9. The van der Waals surface area contributed by atoms with Gasteiger partial charge in [0.25, 0.3) is 5.91 Å². The molecule has 0 heterocycles. The number of hydrogen-bond donors (Lipinski definition) is 1. The van der Waals surface area contributed by atoms with Gasteiger partial charge in [-0.2, -0.15) is 0 Å². The van der Waals surface area contributed by atoms with E-state index in [0.29, 0.717) is 10.6 Å². The molecule has 0 aromatic heterocycles. The fourth-order valence-corrected chi connectivity index (χ4v) is 2.08. The Morgan fingerprint density at radius 2 is 2.05 bits per heavy atom. The van der Waals surface area contributed by atoms with Crippen molar-refractivity contribution >= 4 is 17.5 Å². The van der Waals surface area contributed by atoms with Crippen LogP contribution in [-0.2, 0) is 0 Å². The van der Waals surface area contributed by atoms with Crippen LogP contribution in [0.3, 0.4) is 0 Å². The second kappa shape index (κ2) is 7.08. The minimum atomic E-state index is -0.401. The molecular formula is C16H19ClN2O. The lowest BCUT2D eigenvalue weighted by atomic mass is 9.97. The van der Waals surface area contributed by atoms with Crippen LogP contribution in [0.1, 0.15) is 22.0 Å². The number of hydrogen-bond acceptors (Lipinski definition) is 2. The van der Waals surface area contributed by atoms with Crippen LogP contribution in [0.15, 0.2) is 55.2 Å². The number of rotatable bonds is 5. The first-order chi connectivity index (χ1) is 9.42. The number of amides is 1. The number of halogens is 1. The summed E-state index contributed by atoms with van der Waals surface area (Å²) in [6.07, 6.45) is 5.10. The molecule has 3 nitrogen and oxygen atoms in total. The predicted molar refractivity (Wildman–Crippen MR) is 84.9 cm³/mol. The Kier molecular flexibility index (Phi) is 5.74. The average molecular weight is 291 g/mol.